The largest absolute Gasteiger partial charge is 0.464 e. The highest BCUT2D eigenvalue weighted by Gasteiger charge is 2.30. The molecule has 1 aromatic heterocycles. The fourth-order valence-electron chi connectivity index (χ4n) is 3.72. The van der Waals surface area contributed by atoms with Crippen molar-refractivity contribution < 1.29 is 18.7 Å². The molecule has 0 saturated carbocycles. The number of rotatable bonds is 3. The molecule has 7 nitrogen and oxygen atoms in total. The van der Waals surface area contributed by atoms with Crippen LogP contribution in [0.4, 0.5) is 10.5 Å². The lowest BCUT2D eigenvalue weighted by molar-refractivity contribution is -0.121. The molecule has 7 heteroatoms. The minimum atomic E-state index is -0.0824. The zero-order valence-corrected chi connectivity index (χ0v) is 15.8. The number of hydrogen-bond acceptors (Lipinski definition) is 4. The number of carbonyl (C=O) groups is 2. The van der Waals surface area contributed by atoms with Crippen molar-refractivity contribution in [2.45, 2.75) is 12.8 Å². The zero-order chi connectivity index (χ0) is 19.3. The highest BCUT2D eigenvalue weighted by atomic mass is 16.5. The Bertz CT molecular complexity index is 807. The second-order valence-corrected chi connectivity index (χ2v) is 7.19. The molecule has 2 fully saturated rings. The van der Waals surface area contributed by atoms with E-state index in [4.69, 9.17) is 9.15 Å². The lowest BCUT2D eigenvalue weighted by Crippen LogP contribution is -2.51. The normalized spacial score (nSPS) is 18.1. The number of amides is 3. The number of benzene rings is 1. The molecule has 1 aromatic carbocycles. The molecule has 0 spiro atoms. The highest BCUT2D eigenvalue weighted by molar-refractivity contribution is 5.93. The Balaban J connectivity index is 1.31. The minimum Gasteiger partial charge on any atom is -0.464 e. The van der Waals surface area contributed by atoms with Crippen LogP contribution in [0.5, 0.6) is 0 Å². The third-order valence-electron chi connectivity index (χ3n) is 5.35. The standard InChI is InChI=1S/C21H25N3O4/c25-20(22-18-4-1-3-17(15-18)19-5-2-12-28-19)16-6-8-23(9-7-16)21(26)24-10-13-27-14-11-24/h1-5,12,15-16H,6-11,13-14H2,(H,22,25). The third-order valence-corrected chi connectivity index (χ3v) is 5.35. The first-order valence-electron chi connectivity index (χ1n) is 9.77. The summed E-state index contributed by atoms with van der Waals surface area (Å²) in [4.78, 5) is 28.9. The predicted molar refractivity (Wildman–Crippen MR) is 105 cm³/mol. The SMILES string of the molecule is O=C(Nc1cccc(-c2ccco2)c1)C1CCN(C(=O)N2CCOCC2)CC1. The van der Waals surface area contributed by atoms with E-state index in [2.05, 4.69) is 5.32 Å². The van der Waals surface area contributed by atoms with Crippen molar-refractivity contribution in [3.8, 4) is 11.3 Å². The van der Waals surface area contributed by atoms with Gasteiger partial charge in [0.25, 0.3) is 0 Å². The van der Waals surface area contributed by atoms with E-state index >= 15 is 0 Å². The first kappa shape index (κ1) is 18.6. The minimum absolute atomic E-state index is 0.00932. The molecule has 3 amide bonds. The molecule has 1 N–H and O–H groups in total. The van der Waals surface area contributed by atoms with Crippen LogP contribution in [-0.4, -0.2) is 61.1 Å². The molecule has 148 valence electrons. The number of anilines is 1. The number of likely N-dealkylation sites (tertiary alicyclic amines) is 1. The third kappa shape index (κ3) is 4.20. The van der Waals surface area contributed by atoms with Crippen LogP contribution in [0.1, 0.15) is 12.8 Å². The van der Waals surface area contributed by atoms with Gasteiger partial charge in [0.1, 0.15) is 5.76 Å². The molecule has 2 aromatic rings. The van der Waals surface area contributed by atoms with Crippen molar-refractivity contribution >= 4 is 17.6 Å². The fraction of sp³-hybridized carbons (Fsp3) is 0.429. The quantitative estimate of drug-likeness (QED) is 0.884. The maximum absolute atomic E-state index is 12.7. The predicted octanol–water partition coefficient (Wildman–Crippen LogP) is 3.05. The van der Waals surface area contributed by atoms with E-state index in [1.54, 1.807) is 6.26 Å². The van der Waals surface area contributed by atoms with E-state index in [1.807, 2.05) is 46.2 Å². The van der Waals surface area contributed by atoms with E-state index in [0.29, 0.717) is 52.2 Å². The molecule has 0 bridgehead atoms. The second kappa shape index (κ2) is 8.48. The Morgan fingerprint density at radius 1 is 0.964 bits per heavy atom. The fourth-order valence-corrected chi connectivity index (χ4v) is 3.72. The van der Waals surface area contributed by atoms with Crippen LogP contribution in [0, 0.1) is 5.92 Å². The molecule has 0 unspecified atom stereocenters. The molecular formula is C21H25N3O4. The molecule has 0 atom stereocenters. The number of nitrogens with one attached hydrogen (secondary N) is 1. The van der Waals surface area contributed by atoms with Crippen molar-refractivity contribution in [3.63, 3.8) is 0 Å². The van der Waals surface area contributed by atoms with Gasteiger partial charge >= 0.3 is 6.03 Å². The summed E-state index contributed by atoms with van der Waals surface area (Å²) in [7, 11) is 0. The molecule has 4 rings (SSSR count). The van der Waals surface area contributed by atoms with E-state index in [-0.39, 0.29) is 17.9 Å². The van der Waals surface area contributed by atoms with Crippen LogP contribution in [0.15, 0.2) is 47.1 Å². The molecule has 28 heavy (non-hydrogen) atoms. The summed E-state index contributed by atoms with van der Waals surface area (Å²) in [6.07, 6.45) is 2.99. The number of urea groups is 1. The summed E-state index contributed by atoms with van der Waals surface area (Å²) in [6.45, 7) is 3.71. The Morgan fingerprint density at radius 2 is 1.71 bits per heavy atom. The van der Waals surface area contributed by atoms with Crippen molar-refractivity contribution in [2.75, 3.05) is 44.7 Å². The molecule has 2 aliphatic rings. The lowest BCUT2D eigenvalue weighted by atomic mass is 9.96. The Morgan fingerprint density at radius 3 is 2.43 bits per heavy atom. The molecule has 2 saturated heterocycles. The zero-order valence-electron chi connectivity index (χ0n) is 15.8. The number of carbonyl (C=O) groups excluding carboxylic acids is 2. The molecule has 0 aliphatic carbocycles. The van der Waals surface area contributed by atoms with E-state index in [0.717, 1.165) is 17.0 Å². The van der Waals surface area contributed by atoms with E-state index in [1.165, 1.54) is 0 Å². The molecular weight excluding hydrogens is 358 g/mol. The van der Waals surface area contributed by atoms with E-state index in [9.17, 15) is 9.59 Å². The monoisotopic (exact) mass is 383 g/mol. The van der Waals surface area contributed by atoms with Crippen LogP contribution < -0.4 is 5.32 Å². The Labute approximate surface area is 164 Å². The van der Waals surface area contributed by atoms with Gasteiger partial charge in [-0.3, -0.25) is 4.79 Å². The lowest BCUT2D eigenvalue weighted by Gasteiger charge is -2.36. The number of piperidine rings is 1. The molecule has 0 radical (unpaired) electrons. The van der Waals surface area contributed by atoms with Gasteiger partial charge in [-0.2, -0.15) is 0 Å². The van der Waals surface area contributed by atoms with Crippen LogP contribution in [0.3, 0.4) is 0 Å². The molecule has 3 heterocycles. The highest BCUT2D eigenvalue weighted by Crippen LogP contribution is 2.25. The smallest absolute Gasteiger partial charge is 0.320 e. The molecule has 2 aliphatic heterocycles. The van der Waals surface area contributed by atoms with Gasteiger partial charge in [0, 0.05) is 43.3 Å². The van der Waals surface area contributed by atoms with Crippen LogP contribution in [-0.2, 0) is 9.53 Å². The second-order valence-electron chi connectivity index (χ2n) is 7.19. The number of nitrogens with zero attached hydrogens (tertiary/aromatic N) is 2. The van der Waals surface area contributed by atoms with Crippen LogP contribution >= 0.6 is 0 Å². The number of hydrogen-bond donors (Lipinski definition) is 1. The first-order chi connectivity index (χ1) is 13.7. The van der Waals surface area contributed by atoms with Gasteiger partial charge in [0.2, 0.25) is 5.91 Å². The van der Waals surface area contributed by atoms with Gasteiger partial charge in [0.05, 0.1) is 19.5 Å². The van der Waals surface area contributed by atoms with Crippen molar-refractivity contribution in [1.29, 1.82) is 0 Å². The topological polar surface area (TPSA) is 75.0 Å². The van der Waals surface area contributed by atoms with Gasteiger partial charge in [-0.25, -0.2) is 4.79 Å². The summed E-state index contributed by atoms with van der Waals surface area (Å²) >= 11 is 0. The maximum atomic E-state index is 12.7. The van der Waals surface area contributed by atoms with E-state index < -0.39 is 0 Å². The van der Waals surface area contributed by atoms with Crippen molar-refractivity contribution in [3.05, 3.63) is 42.7 Å². The summed E-state index contributed by atoms with van der Waals surface area (Å²) in [5.74, 6) is 0.696. The maximum Gasteiger partial charge on any atom is 0.320 e. The van der Waals surface area contributed by atoms with Gasteiger partial charge in [-0.15, -0.1) is 0 Å². The summed E-state index contributed by atoms with van der Waals surface area (Å²) in [5.41, 5.74) is 1.68. The number of furan rings is 1. The van der Waals surface area contributed by atoms with Crippen LogP contribution in [0.2, 0.25) is 0 Å². The summed E-state index contributed by atoms with van der Waals surface area (Å²) < 4.78 is 10.7. The number of ether oxygens (including phenoxy) is 1. The first-order valence-corrected chi connectivity index (χ1v) is 9.77. The van der Waals surface area contributed by atoms with Gasteiger partial charge < -0.3 is 24.3 Å². The van der Waals surface area contributed by atoms with Crippen molar-refractivity contribution in [2.24, 2.45) is 5.92 Å². The Hall–Kier alpha value is -2.80. The average molecular weight is 383 g/mol. The summed E-state index contributed by atoms with van der Waals surface area (Å²) in [5, 5.41) is 3.01. The average Bonchev–Trinajstić information content (AvgIpc) is 3.29. The van der Waals surface area contributed by atoms with Gasteiger partial charge in [0.15, 0.2) is 0 Å². The van der Waals surface area contributed by atoms with Crippen molar-refractivity contribution in [1.82, 2.24) is 9.80 Å². The number of morpholine rings is 1. The Kier molecular flexibility index (Phi) is 5.62. The van der Waals surface area contributed by atoms with Gasteiger partial charge in [-0.1, -0.05) is 12.1 Å². The van der Waals surface area contributed by atoms with Gasteiger partial charge in [-0.05, 0) is 37.1 Å². The van der Waals surface area contributed by atoms with Crippen LogP contribution in [0.25, 0.3) is 11.3 Å². The summed E-state index contributed by atoms with van der Waals surface area (Å²) in [6, 6.07) is 11.4.